The fraction of sp³-hybridized carbons (Fsp3) is 0.500. The van der Waals surface area contributed by atoms with Gasteiger partial charge in [-0.2, -0.15) is 13.2 Å². The Morgan fingerprint density at radius 2 is 1.80 bits per heavy atom. The number of alkyl halides is 3. The van der Waals surface area contributed by atoms with Crippen LogP contribution in [0.1, 0.15) is 16.1 Å². The predicted molar refractivity (Wildman–Crippen MR) is 65.5 cm³/mol. The summed E-state index contributed by atoms with van der Waals surface area (Å²) in [5, 5.41) is 0. The molecule has 2 rings (SSSR count). The van der Waals surface area contributed by atoms with Crippen molar-refractivity contribution < 1.29 is 18.0 Å². The average molecular weight is 289 g/mol. The molecule has 1 N–H and O–H groups in total. The van der Waals surface area contributed by atoms with E-state index in [1.165, 1.54) is 4.90 Å². The lowest BCUT2D eigenvalue weighted by molar-refractivity contribution is -0.141. The minimum absolute atomic E-state index is 0.262. The average Bonchev–Trinajstić information content (AvgIpc) is 2.37. The topological polar surface area (TPSA) is 56.4 Å². The number of hydrogen-bond acceptors (Lipinski definition) is 3. The van der Waals surface area contributed by atoms with Crippen LogP contribution in [0.5, 0.6) is 0 Å². The lowest BCUT2D eigenvalue weighted by Gasteiger charge is -2.32. The van der Waals surface area contributed by atoms with Gasteiger partial charge >= 0.3 is 6.18 Å². The van der Waals surface area contributed by atoms with Crippen molar-refractivity contribution in [2.24, 2.45) is 0 Å². The maximum atomic E-state index is 12.4. The number of carbonyl (C=O) groups is 1. The van der Waals surface area contributed by atoms with E-state index in [9.17, 15) is 22.8 Å². The van der Waals surface area contributed by atoms with Crippen LogP contribution in [-0.2, 0) is 6.18 Å². The van der Waals surface area contributed by atoms with Gasteiger partial charge < -0.3 is 14.8 Å². The first-order valence-electron chi connectivity index (χ1n) is 6.07. The second kappa shape index (κ2) is 5.28. The molecule has 1 aliphatic heterocycles. The molecular formula is C12H14F3N3O2. The molecule has 0 aromatic carbocycles. The van der Waals surface area contributed by atoms with Crippen LogP contribution < -0.4 is 5.56 Å². The predicted octanol–water partition coefficient (Wildman–Crippen LogP) is 0.781. The van der Waals surface area contributed by atoms with Crippen molar-refractivity contribution in [3.8, 4) is 0 Å². The lowest BCUT2D eigenvalue weighted by atomic mass is 10.2. The minimum Gasteiger partial charge on any atom is -0.336 e. The van der Waals surface area contributed by atoms with Crippen LogP contribution in [0.2, 0.25) is 0 Å². The molecule has 1 fully saturated rings. The van der Waals surface area contributed by atoms with Gasteiger partial charge in [-0.05, 0) is 19.2 Å². The highest BCUT2D eigenvalue weighted by molar-refractivity contribution is 5.93. The SMILES string of the molecule is CN1CCN(C(=O)c2ccc(C(F)(F)F)[nH]c2=O)CC1. The molecule has 8 heteroatoms. The van der Waals surface area contributed by atoms with E-state index < -0.39 is 23.3 Å². The summed E-state index contributed by atoms with van der Waals surface area (Å²) >= 11 is 0. The van der Waals surface area contributed by atoms with E-state index >= 15 is 0 Å². The lowest BCUT2D eigenvalue weighted by Crippen LogP contribution is -2.48. The number of amides is 1. The molecule has 0 unspecified atom stereocenters. The first-order chi connectivity index (χ1) is 9.29. The second-order valence-electron chi connectivity index (χ2n) is 4.71. The molecule has 1 saturated heterocycles. The number of likely N-dealkylation sites (N-methyl/N-ethyl adjacent to an activating group) is 1. The summed E-state index contributed by atoms with van der Waals surface area (Å²) in [4.78, 5) is 28.9. The van der Waals surface area contributed by atoms with Gasteiger partial charge in [0.15, 0.2) is 0 Å². The summed E-state index contributed by atoms with van der Waals surface area (Å²) in [7, 11) is 1.91. The Balaban J connectivity index is 2.21. The standard InChI is InChI=1S/C12H14F3N3O2/c1-17-4-6-18(7-5-17)11(20)8-2-3-9(12(13,14)15)16-10(8)19/h2-3H,4-7H2,1H3,(H,16,19). The summed E-state index contributed by atoms with van der Waals surface area (Å²) in [5.41, 5.74) is -2.43. The third-order valence-electron chi connectivity index (χ3n) is 3.24. The number of rotatable bonds is 1. The van der Waals surface area contributed by atoms with Gasteiger partial charge in [0.1, 0.15) is 11.3 Å². The van der Waals surface area contributed by atoms with Crippen molar-refractivity contribution in [2.75, 3.05) is 33.2 Å². The van der Waals surface area contributed by atoms with E-state index in [1.807, 2.05) is 11.9 Å². The van der Waals surface area contributed by atoms with Gasteiger partial charge in [-0.1, -0.05) is 0 Å². The van der Waals surface area contributed by atoms with Crippen molar-refractivity contribution in [3.05, 3.63) is 33.7 Å². The molecule has 0 spiro atoms. The van der Waals surface area contributed by atoms with Crippen molar-refractivity contribution in [1.82, 2.24) is 14.8 Å². The Bertz CT molecular complexity index is 560. The Hall–Kier alpha value is -1.83. The summed E-state index contributed by atoms with van der Waals surface area (Å²) in [6, 6.07) is 1.65. The first-order valence-corrected chi connectivity index (χ1v) is 6.07. The fourth-order valence-corrected chi connectivity index (χ4v) is 1.99. The smallest absolute Gasteiger partial charge is 0.336 e. The molecule has 20 heavy (non-hydrogen) atoms. The Kier molecular flexibility index (Phi) is 3.85. The van der Waals surface area contributed by atoms with Crippen LogP contribution in [0.3, 0.4) is 0 Å². The maximum absolute atomic E-state index is 12.4. The number of aromatic nitrogens is 1. The van der Waals surface area contributed by atoms with E-state index in [0.29, 0.717) is 32.2 Å². The molecule has 0 aliphatic carbocycles. The fourth-order valence-electron chi connectivity index (χ4n) is 1.99. The largest absolute Gasteiger partial charge is 0.431 e. The van der Waals surface area contributed by atoms with Crippen LogP contribution in [0.15, 0.2) is 16.9 Å². The van der Waals surface area contributed by atoms with Crippen molar-refractivity contribution in [2.45, 2.75) is 6.18 Å². The number of aromatic amines is 1. The number of piperazine rings is 1. The van der Waals surface area contributed by atoms with E-state index in [1.54, 1.807) is 4.98 Å². The van der Waals surface area contributed by atoms with Gasteiger partial charge in [0.25, 0.3) is 11.5 Å². The van der Waals surface area contributed by atoms with Crippen molar-refractivity contribution in [3.63, 3.8) is 0 Å². The summed E-state index contributed by atoms with van der Waals surface area (Å²) in [6.45, 7) is 2.25. The van der Waals surface area contributed by atoms with Gasteiger partial charge in [-0.25, -0.2) is 0 Å². The molecule has 0 saturated carbocycles. The van der Waals surface area contributed by atoms with Crippen LogP contribution in [0.25, 0.3) is 0 Å². The van der Waals surface area contributed by atoms with Crippen molar-refractivity contribution in [1.29, 1.82) is 0 Å². The quantitative estimate of drug-likeness (QED) is 0.831. The first kappa shape index (κ1) is 14.6. The Morgan fingerprint density at radius 3 is 2.30 bits per heavy atom. The van der Waals surface area contributed by atoms with Gasteiger partial charge in [-0.15, -0.1) is 0 Å². The molecule has 1 aromatic rings. The molecule has 1 aliphatic rings. The molecule has 5 nitrogen and oxygen atoms in total. The van der Waals surface area contributed by atoms with Crippen molar-refractivity contribution >= 4 is 5.91 Å². The number of pyridine rings is 1. The molecule has 2 heterocycles. The molecule has 0 bridgehead atoms. The molecule has 0 radical (unpaired) electrons. The van der Waals surface area contributed by atoms with Gasteiger partial charge in [0.2, 0.25) is 0 Å². The number of hydrogen-bond donors (Lipinski definition) is 1. The monoisotopic (exact) mass is 289 g/mol. The highest BCUT2D eigenvalue weighted by atomic mass is 19.4. The van der Waals surface area contributed by atoms with Crippen LogP contribution in [0.4, 0.5) is 13.2 Å². The Morgan fingerprint density at radius 1 is 1.20 bits per heavy atom. The van der Waals surface area contributed by atoms with Gasteiger partial charge in [-0.3, -0.25) is 9.59 Å². The normalized spacial score (nSPS) is 17.3. The van der Waals surface area contributed by atoms with E-state index in [2.05, 4.69) is 0 Å². The second-order valence-corrected chi connectivity index (χ2v) is 4.71. The minimum atomic E-state index is -4.63. The molecular weight excluding hydrogens is 275 g/mol. The zero-order valence-corrected chi connectivity index (χ0v) is 10.8. The van der Waals surface area contributed by atoms with Gasteiger partial charge in [0.05, 0.1) is 0 Å². The number of halogens is 3. The van der Waals surface area contributed by atoms with E-state index in [4.69, 9.17) is 0 Å². The highest BCUT2D eigenvalue weighted by Gasteiger charge is 2.32. The summed E-state index contributed by atoms with van der Waals surface area (Å²) < 4.78 is 37.3. The maximum Gasteiger partial charge on any atom is 0.431 e. The van der Waals surface area contributed by atoms with Crippen LogP contribution in [0, 0.1) is 0 Å². The highest BCUT2D eigenvalue weighted by Crippen LogP contribution is 2.26. The van der Waals surface area contributed by atoms with E-state index in [0.717, 1.165) is 6.07 Å². The third kappa shape index (κ3) is 3.01. The summed E-state index contributed by atoms with van der Waals surface area (Å²) in [5.74, 6) is -0.534. The zero-order chi connectivity index (χ0) is 14.9. The van der Waals surface area contributed by atoms with Crippen LogP contribution >= 0.6 is 0 Å². The number of nitrogens with zero attached hydrogens (tertiary/aromatic N) is 2. The molecule has 1 aromatic heterocycles. The number of nitrogens with one attached hydrogen (secondary N) is 1. The molecule has 0 atom stereocenters. The third-order valence-corrected chi connectivity index (χ3v) is 3.24. The van der Waals surface area contributed by atoms with E-state index in [-0.39, 0.29) is 5.56 Å². The summed E-state index contributed by atoms with van der Waals surface area (Å²) in [6.07, 6.45) is -4.63. The molecule has 1 amide bonds. The van der Waals surface area contributed by atoms with Gasteiger partial charge in [0, 0.05) is 26.2 Å². The number of carbonyl (C=O) groups excluding carboxylic acids is 1. The molecule has 110 valence electrons. The Labute approximate surface area is 113 Å². The zero-order valence-electron chi connectivity index (χ0n) is 10.8. The van der Waals surface area contributed by atoms with Crippen LogP contribution in [-0.4, -0.2) is 53.9 Å². The number of H-pyrrole nitrogens is 1.